The van der Waals surface area contributed by atoms with Gasteiger partial charge in [0, 0.05) is 10.6 Å². The summed E-state index contributed by atoms with van der Waals surface area (Å²) in [5, 5.41) is 10.8. The molecule has 0 saturated heterocycles. The highest BCUT2D eigenvalue weighted by Crippen LogP contribution is 2.29. The summed E-state index contributed by atoms with van der Waals surface area (Å²) in [5.41, 5.74) is 1.67. The van der Waals surface area contributed by atoms with E-state index in [0.717, 1.165) is 21.1 Å². The lowest BCUT2D eigenvalue weighted by molar-refractivity contribution is -0.762. The molecule has 0 saturated carbocycles. The van der Waals surface area contributed by atoms with Gasteiger partial charge in [-0.05, 0) is 19.1 Å². The first-order valence-electron chi connectivity index (χ1n) is 5.06. The van der Waals surface area contributed by atoms with Crippen LogP contribution in [-0.2, 0) is 11.4 Å². The van der Waals surface area contributed by atoms with Crippen LogP contribution in [0.5, 0.6) is 0 Å². The summed E-state index contributed by atoms with van der Waals surface area (Å²) in [6.45, 7) is 1.73. The normalized spacial score (nSPS) is 10.3. The van der Waals surface area contributed by atoms with Crippen molar-refractivity contribution in [1.29, 1.82) is 0 Å². The van der Waals surface area contributed by atoms with Crippen molar-refractivity contribution in [2.75, 3.05) is 0 Å². The number of halogens is 1. The third-order valence-corrected chi connectivity index (χ3v) is 3.72. The topological polar surface area (TPSA) is 65.3 Å². The molecule has 2 rings (SSSR count). The number of hydrogen-bond donors (Lipinski definition) is 0. The first-order valence-corrected chi connectivity index (χ1v) is 6.25. The second-order valence-electron chi connectivity index (χ2n) is 3.53. The van der Waals surface area contributed by atoms with Gasteiger partial charge in [0.15, 0.2) is 0 Å². The molecule has 0 radical (unpaired) electrons. The largest absolute Gasteiger partial charge is 0.308 e. The number of aryl methyl sites for hydroxylation is 1. The maximum Gasteiger partial charge on any atom is 0.294 e. The molecule has 0 fully saturated rings. The Morgan fingerprint density at radius 1 is 1.44 bits per heavy atom. The van der Waals surface area contributed by atoms with Crippen molar-refractivity contribution in [3.63, 3.8) is 0 Å². The zero-order valence-corrected chi connectivity index (χ0v) is 11.0. The molecule has 0 N–H and O–H groups in total. The second-order valence-corrected chi connectivity index (χ2v) is 5.05. The van der Waals surface area contributed by atoms with Gasteiger partial charge in [0.2, 0.25) is 0 Å². The lowest BCUT2D eigenvalue weighted by Crippen LogP contribution is -1.99. The summed E-state index contributed by atoms with van der Waals surface area (Å²) in [4.78, 5) is 19.6. The number of thiazole rings is 1. The monoisotopic (exact) mass is 284 g/mol. The zero-order chi connectivity index (χ0) is 13.1. The quantitative estimate of drug-likeness (QED) is 0.637. The Balaban J connectivity index is 2.22. The van der Waals surface area contributed by atoms with Crippen molar-refractivity contribution in [3.05, 3.63) is 50.0 Å². The molecule has 1 heterocycles. The molecule has 94 valence electrons. The van der Waals surface area contributed by atoms with E-state index < -0.39 is 5.09 Å². The van der Waals surface area contributed by atoms with E-state index in [2.05, 4.69) is 9.82 Å². The molecule has 0 aliphatic heterocycles. The highest BCUT2D eigenvalue weighted by atomic mass is 35.5. The van der Waals surface area contributed by atoms with Gasteiger partial charge in [0.1, 0.15) is 11.6 Å². The predicted molar refractivity (Wildman–Crippen MR) is 69.1 cm³/mol. The molecule has 1 aromatic carbocycles. The van der Waals surface area contributed by atoms with Crippen molar-refractivity contribution in [3.8, 4) is 10.6 Å². The van der Waals surface area contributed by atoms with Gasteiger partial charge in [-0.2, -0.15) is 0 Å². The molecule has 0 amide bonds. The standard InChI is InChI=1S/C11H9ClN2O3S/c1-7-10(6-17-14(15)16)18-11(13-7)8-2-4-9(12)5-3-8/h2-5H,6H2,1H3. The molecule has 5 nitrogen and oxygen atoms in total. The minimum absolute atomic E-state index is 0.0654. The van der Waals surface area contributed by atoms with Crippen LogP contribution >= 0.6 is 22.9 Å². The SMILES string of the molecule is Cc1nc(-c2ccc(Cl)cc2)sc1CO[N+](=O)[O-]. The number of aromatic nitrogens is 1. The van der Waals surface area contributed by atoms with E-state index in [9.17, 15) is 10.1 Å². The van der Waals surface area contributed by atoms with Crippen LogP contribution in [0.2, 0.25) is 5.02 Å². The van der Waals surface area contributed by atoms with Gasteiger partial charge in [0.25, 0.3) is 5.09 Å². The van der Waals surface area contributed by atoms with E-state index in [1.807, 2.05) is 12.1 Å². The van der Waals surface area contributed by atoms with Crippen molar-refractivity contribution in [1.82, 2.24) is 4.98 Å². The Bertz CT molecular complexity index is 568. The predicted octanol–water partition coefficient (Wildman–Crippen LogP) is 3.48. The van der Waals surface area contributed by atoms with Gasteiger partial charge in [-0.25, -0.2) is 4.98 Å². The smallest absolute Gasteiger partial charge is 0.294 e. The molecule has 18 heavy (non-hydrogen) atoms. The maximum atomic E-state index is 10.2. The lowest BCUT2D eigenvalue weighted by Gasteiger charge is -1.95. The number of nitrogens with zero attached hydrogens (tertiary/aromatic N) is 2. The van der Waals surface area contributed by atoms with E-state index in [-0.39, 0.29) is 6.61 Å². The van der Waals surface area contributed by atoms with Gasteiger partial charge in [0.05, 0.1) is 10.6 Å². The van der Waals surface area contributed by atoms with E-state index in [1.165, 1.54) is 11.3 Å². The summed E-state index contributed by atoms with van der Waals surface area (Å²) in [6.07, 6.45) is 0. The molecule has 0 atom stereocenters. The molecule has 0 aliphatic carbocycles. The average Bonchev–Trinajstić information content (AvgIpc) is 2.69. The lowest BCUT2D eigenvalue weighted by atomic mass is 10.2. The minimum Gasteiger partial charge on any atom is -0.308 e. The van der Waals surface area contributed by atoms with Crippen LogP contribution in [0.3, 0.4) is 0 Å². The van der Waals surface area contributed by atoms with Crippen LogP contribution < -0.4 is 0 Å². The molecule has 7 heteroatoms. The van der Waals surface area contributed by atoms with Crippen molar-refractivity contribution < 1.29 is 9.92 Å². The van der Waals surface area contributed by atoms with Crippen LogP contribution in [0, 0.1) is 17.0 Å². The van der Waals surface area contributed by atoms with Crippen molar-refractivity contribution in [2.45, 2.75) is 13.5 Å². The zero-order valence-electron chi connectivity index (χ0n) is 9.42. The summed E-state index contributed by atoms with van der Waals surface area (Å²) >= 11 is 7.19. The highest BCUT2D eigenvalue weighted by Gasteiger charge is 2.10. The molecule has 1 aromatic heterocycles. The van der Waals surface area contributed by atoms with Crippen molar-refractivity contribution >= 4 is 22.9 Å². The second kappa shape index (κ2) is 5.32. The summed E-state index contributed by atoms with van der Waals surface area (Å²) < 4.78 is 0. The van der Waals surface area contributed by atoms with Crippen LogP contribution in [0.25, 0.3) is 10.6 Å². The Labute approximate surface area is 112 Å². The summed E-state index contributed by atoms with van der Waals surface area (Å²) in [5.74, 6) is 0. The Kier molecular flexibility index (Phi) is 3.78. The average molecular weight is 285 g/mol. The molecular formula is C11H9ClN2O3S. The van der Waals surface area contributed by atoms with Crippen LogP contribution in [0.15, 0.2) is 24.3 Å². The minimum atomic E-state index is -0.804. The first-order chi connectivity index (χ1) is 8.56. The van der Waals surface area contributed by atoms with Gasteiger partial charge < -0.3 is 4.84 Å². The molecule has 0 unspecified atom stereocenters. The fraction of sp³-hybridized carbons (Fsp3) is 0.182. The molecule has 0 aliphatic rings. The van der Waals surface area contributed by atoms with Gasteiger partial charge in [-0.1, -0.05) is 23.7 Å². The fourth-order valence-corrected chi connectivity index (χ4v) is 2.49. The molecule has 0 bridgehead atoms. The van der Waals surface area contributed by atoms with Gasteiger partial charge in [-0.3, -0.25) is 0 Å². The van der Waals surface area contributed by atoms with E-state index in [1.54, 1.807) is 19.1 Å². The van der Waals surface area contributed by atoms with Crippen LogP contribution in [0.4, 0.5) is 0 Å². The third kappa shape index (κ3) is 2.96. The summed E-state index contributed by atoms with van der Waals surface area (Å²) in [6, 6.07) is 7.28. The number of rotatable bonds is 4. The molecule has 2 aromatic rings. The third-order valence-electron chi connectivity index (χ3n) is 2.28. The fourth-order valence-electron chi connectivity index (χ4n) is 1.39. The van der Waals surface area contributed by atoms with Gasteiger partial charge >= 0.3 is 0 Å². The van der Waals surface area contributed by atoms with E-state index in [4.69, 9.17) is 11.6 Å². The summed E-state index contributed by atoms with van der Waals surface area (Å²) in [7, 11) is 0. The van der Waals surface area contributed by atoms with Crippen LogP contribution in [-0.4, -0.2) is 10.1 Å². The Hall–Kier alpha value is -1.66. The van der Waals surface area contributed by atoms with Gasteiger partial charge in [-0.15, -0.1) is 21.5 Å². The van der Waals surface area contributed by atoms with E-state index in [0.29, 0.717) is 5.02 Å². The maximum absolute atomic E-state index is 10.2. The van der Waals surface area contributed by atoms with Crippen LogP contribution in [0.1, 0.15) is 10.6 Å². The first kappa shape index (κ1) is 12.8. The number of hydrogen-bond acceptors (Lipinski definition) is 5. The van der Waals surface area contributed by atoms with Crippen molar-refractivity contribution in [2.24, 2.45) is 0 Å². The highest BCUT2D eigenvalue weighted by molar-refractivity contribution is 7.15. The Morgan fingerprint density at radius 2 is 2.11 bits per heavy atom. The molecule has 0 spiro atoms. The Morgan fingerprint density at radius 3 is 2.72 bits per heavy atom. The number of benzene rings is 1. The van der Waals surface area contributed by atoms with E-state index >= 15 is 0 Å². The molecular weight excluding hydrogens is 276 g/mol.